The quantitative estimate of drug-likeness (QED) is 0.340. The maximum atomic E-state index is 15.5. The van der Waals surface area contributed by atoms with Crippen molar-refractivity contribution in [3.05, 3.63) is 60.6 Å². The van der Waals surface area contributed by atoms with Gasteiger partial charge in [0.15, 0.2) is 19.2 Å². The number of hydrogen-bond acceptors (Lipinski definition) is 6. The van der Waals surface area contributed by atoms with Crippen molar-refractivity contribution in [2.45, 2.75) is 84.3 Å². The van der Waals surface area contributed by atoms with Crippen LogP contribution < -0.4 is 10.4 Å². The molecule has 3 rings (SSSR count). The zero-order valence-electron chi connectivity index (χ0n) is 20.7. The van der Waals surface area contributed by atoms with Crippen molar-refractivity contribution in [2.24, 2.45) is 0 Å². The molecular formula is C26H39FN3O5P. The van der Waals surface area contributed by atoms with Crippen molar-refractivity contribution >= 4 is 19.2 Å². The van der Waals surface area contributed by atoms with Crippen LogP contribution in [0.5, 0.6) is 0 Å². The van der Waals surface area contributed by atoms with Gasteiger partial charge in [0.1, 0.15) is 11.9 Å². The maximum Gasteiger partial charge on any atom is 0.323 e. The standard InChI is InChI=1S/C25H35FN3O5P.CH4/c1-17(2)33-23(31)18(3)28-35(32,16-20-9-7-6-8-10-20)14-12-21-15-25(5,26)24(34-21)29-13-11-22(30)27-19(29)4;/h6-11,13,17-18,21,24H,4,12,14-16H2,1-3,5H3,(H,27,30)(H,28,32);1H4/t18-,21?,24?,25+,35-;/m0./s1. The number of carbonyl (C=O) groups is 2. The summed E-state index contributed by atoms with van der Waals surface area (Å²) >= 11 is 0. The fourth-order valence-electron chi connectivity index (χ4n) is 4.31. The van der Waals surface area contributed by atoms with Crippen LogP contribution in [0.2, 0.25) is 0 Å². The molecule has 1 aromatic rings. The van der Waals surface area contributed by atoms with Crippen LogP contribution in [0.1, 0.15) is 53.5 Å². The molecule has 0 saturated carbocycles. The molecule has 2 unspecified atom stereocenters. The second kappa shape index (κ2) is 12.2. The summed E-state index contributed by atoms with van der Waals surface area (Å²) in [6, 6.07) is 8.62. The zero-order chi connectivity index (χ0) is 25.8. The molecule has 0 spiro atoms. The summed E-state index contributed by atoms with van der Waals surface area (Å²) < 4.78 is 40.8. The second-order valence-corrected chi connectivity index (χ2v) is 12.4. The van der Waals surface area contributed by atoms with Crippen LogP contribution in [-0.2, 0) is 29.8 Å². The number of rotatable bonds is 10. The molecule has 5 atom stereocenters. The minimum atomic E-state index is -3.12. The number of halogens is 1. The molecule has 1 fully saturated rings. The van der Waals surface area contributed by atoms with E-state index in [9.17, 15) is 14.2 Å². The molecule has 2 aliphatic heterocycles. The van der Waals surface area contributed by atoms with Gasteiger partial charge in [-0.25, -0.2) is 4.39 Å². The van der Waals surface area contributed by atoms with Crippen LogP contribution in [0, 0.1) is 0 Å². The van der Waals surface area contributed by atoms with Crippen molar-refractivity contribution in [3.63, 3.8) is 0 Å². The molecule has 0 bridgehead atoms. The van der Waals surface area contributed by atoms with E-state index in [2.05, 4.69) is 17.0 Å². The molecule has 0 aromatic heterocycles. The molecule has 2 heterocycles. The van der Waals surface area contributed by atoms with E-state index >= 15 is 4.39 Å². The molecule has 2 aliphatic rings. The number of amides is 1. The van der Waals surface area contributed by atoms with Crippen molar-refractivity contribution in [2.75, 3.05) is 6.16 Å². The molecule has 36 heavy (non-hydrogen) atoms. The Morgan fingerprint density at radius 1 is 1.36 bits per heavy atom. The highest BCUT2D eigenvalue weighted by Crippen LogP contribution is 2.48. The minimum absolute atomic E-state index is 0. The lowest BCUT2D eigenvalue weighted by atomic mass is 10.0. The van der Waals surface area contributed by atoms with Gasteiger partial charge >= 0.3 is 5.97 Å². The van der Waals surface area contributed by atoms with Crippen molar-refractivity contribution in [1.82, 2.24) is 15.3 Å². The van der Waals surface area contributed by atoms with Gasteiger partial charge < -0.3 is 24.3 Å². The predicted molar refractivity (Wildman–Crippen MR) is 139 cm³/mol. The third kappa shape index (κ3) is 7.76. The Balaban J connectivity index is 0.00000456. The van der Waals surface area contributed by atoms with E-state index in [0.717, 1.165) is 5.56 Å². The molecule has 1 aromatic carbocycles. The lowest BCUT2D eigenvalue weighted by Crippen LogP contribution is -2.48. The largest absolute Gasteiger partial charge is 0.462 e. The first-order valence-corrected chi connectivity index (χ1v) is 13.9. The molecule has 8 nitrogen and oxygen atoms in total. The summed E-state index contributed by atoms with van der Waals surface area (Å²) in [5, 5.41) is 5.58. The van der Waals surface area contributed by atoms with E-state index in [1.807, 2.05) is 30.3 Å². The molecule has 0 aliphatic carbocycles. The first-order valence-electron chi connectivity index (χ1n) is 11.8. The molecule has 1 amide bonds. The van der Waals surface area contributed by atoms with E-state index in [-0.39, 0.29) is 44.0 Å². The summed E-state index contributed by atoms with van der Waals surface area (Å²) in [5.41, 5.74) is -0.843. The topological polar surface area (TPSA) is 97.0 Å². The van der Waals surface area contributed by atoms with Gasteiger partial charge in [-0.15, -0.1) is 0 Å². The lowest BCUT2D eigenvalue weighted by molar-refractivity contribution is -0.148. The first-order chi connectivity index (χ1) is 16.4. The van der Waals surface area contributed by atoms with Gasteiger partial charge in [0.25, 0.3) is 5.91 Å². The number of ether oxygens (including phenoxy) is 2. The molecule has 1 saturated heterocycles. The fraction of sp³-hybridized carbons (Fsp3) is 0.538. The molecule has 10 heteroatoms. The van der Waals surface area contributed by atoms with Gasteiger partial charge in [-0.05, 0) is 39.7 Å². The normalized spacial score (nSPS) is 26.2. The van der Waals surface area contributed by atoms with Crippen LogP contribution in [0.3, 0.4) is 0 Å². The number of benzene rings is 1. The van der Waals surface area contributed by atoms with Crippen LogP contribution in [0.4, 0.5) is 4.39 Å². The van der Waals surface area contributed by atoms with E-state index in [1.54, 1.807) is 20.8 Å². The summed E-state index contributed by atoms with van der Waals surface area (Å²) in [6.07, 6.45) is 1.86. The Morgan fingerprint density at radius 3 is 2.64 bits per heavy atom. The molecule has 2 N–H and O–H groups in total. The molecule has 0 radical (unpaired) electrons. The Hall–Kier alpha value is -2.48. The Kier molecular flexibility index (Phi) is 10.1. The maximum absolute atomic E-state index is 15.5. The highest BCUT2D eigenvalue weighted by molar-refractivity contribution is 7.61. The number of nitrogens with zero attached hydrogens (tertiary/aromatic N) is 1. The minimum Gasteiger partial charge on any atom is -0.462 e. The SMILES string of the molecule is C.C=C1NC(=O)C=CN1C1OC(CC[P@](=O)(Cc2ccccc2)N[C@@H](C)C(=O)OC(C)C)C[C@@]1(C)F. The van der Waals surface area contributed by atoms with Crippen molar-refractivity contribution < 1.29 is 28.0 Å². The Bertz CT molecular complexity index is 1010. The number of esters is 1. The summed E-state index contributed by atoms with van der Waals surface area (Å²) in [6.45, 7) is 10.4. The zero-order valence-corrected chi connectivity index (χ0v) is 21.6. The first kappa shape index (κ1) is 29.7. The van der Waals surface area contributed by atoms with Gasteiger partial charge in [-0.1, -0.05) is 44.3 Å². The van der Waals surface area contributed by atoms with Gasteiger partial charge in [-0.3, -0.25) is 14.7 Å². The van der Waals surface area contributed by atoms with E-state index in [1.165, 1.54) is 24.1 Å². The van der Waals surface area contributed by atoms with Crippen LogP contribution >= 0.6 is 7.29 Å². The third-order valence-corrected chi connectivity index (χ3v) is 8.62. The fourth-order valence-corrected chi connectivity index (χ4v) is 7.01. The predicted octanol–water partition coefficient (Wildman–Crippen LogP) is 4.68. The van der Waals surface area contributed by atoms with E-state index in [4.69, 9.17) is 9.47 Å². The average Bonchev–Trinajstić information content (AvgIpc) is 3.06. The average molecular weight is 524 g/mol. The summed E-state index contributed by atoms with van der Waals surface area (Å²) in [5.74, 6) is -0.570. The summed E-state index contributed by atoms with van der Waals surface area (Å²) in [4.78, 5) is 25.4. The van der Waals surface area contributed by atoms with E-state index < -0.39 is 37.3 Å². The highest BCUT2D eigenvalue weighted by atomic mass is 31.2. The third-order valence-electron chi connectivity index (χ3n) is 5.91. The lowest BCUT2D eigenvalue weighted by Gasteiger charge is -2.35. The number of carbonyl (C=O) groups excluding carboxylic acids is 2. The van der Waals surface area contributed by atoms with Crippen LogP contribution in [0.25, 0.3) is 0 Å². The van der Waals surface area contributed by atoms with Gasteiger partial charge in [0, 0.05) is 31.0 Å². The Labute approximate surface area is 213 Å². The molecular weight excluding hydrogens is 484 g/mol. The highest BCUT2D eigenvalue weighted by Gasteiger charge is 2.49. The second-order valence-electron chi connectivity index (χ2n) is 9.63. The van der Waals surface area contributed by atoms with Gasteiger partial charge in [-0.2, -0.15) is 0 Å². The Morgan fingerprint density at radius 2 is 2.03 bits per heavy atom. The van der Waals surface area contributed by atoms with Crippen LogP contribution in [0.15, 0.2) is 55.0 Å². The van der Waals surface area contributed by atoms with Crippen molar-refractivity contribution in [1.29, 1.82) is 0 Å². The smallest absolute Gasteiger partial charge is 0.323 e. The number of alkyl halides is 1. The number of hydrogen-bond donors (Lipinski definition) is 2. The summed E-state index contributed by atoms with van der Waals surface area (Å²) in [7, 11) is -3.12. The van der Waals surface area contributed by atoms with Crippen LogP contribution in [-0.4, -0.2) is 53.1 Å². The van der Waals surface area contributed by atoms with Crippen molar-refractivity contribution in [3.8, 4) is 0 Å². The number of nitrogens with one attached hydrogen (secondary N) is 2. The molecule has 200 valence electrons. The van der Waals surface area contributed by atoms with Gasteiger partial charge in [0.2, 0.25) is 0 Å². The van der Waals surface area contributed by atoms with Gasteiger partial charge in [0.05, 0.1) is 12.2 Å². The monoisotopic (exact) mass is 523 g/mol. The van der Waals surface area contributed by atoms with E-state index in [0.29, 0.717) is 6.42 Å².